The summed E-state index contributed by atoms with van der Waals surface area (Å²) in [5.41, 5.74) is 10.3. The second-order valence-corrected chi connectivity index (χ2v) is 15.3. The van der Waals surface area contributed by atoms with Gasteiger partial charge in [-0.3, -0.25) is 0 Å². The molecule has 0 spiro atoms. The lowest BCUT2D eigenvalue weighted by Crippen LogP contribution is -2.10. The van der Waals surface area contributed by atoms with E-state index in [-0.39, 0.29) is 0 Å². The molecule has 0 radical (unpaired) electrons. The number of hydrogen-bond acceptors (Lipinski definition) is 4. The number of benzene rings is 8. The molecule has 0 aliphatic heterocycles. The first-order valence-corrected chi connectivity index (χ1v) is 19.1. The molecule has 10 aromatic rings. The fourth-order valence-corrected chi connectivity index (χ4v) is 9.58. The predicted octanol–water partition coefficient (Wildman–Crippen LogP) is 15.0. The van der Waals surface area contributed by atoms with E-state index < -0.39 is 0 Å². The first-order valence-electron chi connectivity index (χ1n) is 17.5. The van der Waals surface area contributed by atoms with Crippen molar-refractivity contribution < 1.29 is 0 Å². The summed E-state index contributed by atoms with van der Waals surface area (Å²) in [7, 11) is 0. The maximum Gasteiger partial charge on any atom is 0.0476 e. The van der Waals surface area contributed by atoms with Gasteiger partial charge in [0, 0.05) is 68.8 Å². The van der Waals surface area contributed by atoms with Crippen LogP contribution in [0.4, 0.5) is 28.4 Å². The van der Waals surface area contributed by atoms with E-state index in [9.17, 15) is 0 Å². The van der Waals surface area contributed by atoms with E-state index in [1.165, 1.54) is 62.6 Å². The van der Waals surface area contributed by atoms with Crippen molar-refractivity contribution in [2.75, 3.05) is 10.2 Å². The van der Waals surface area contributed by atoms with Crippen LogP contribution in [0.1, 0.15) is 0 Å². The average Bonchev–Trinajstić information content (AvgIpc) is 3.76. The first kappa shape index (κ1) is 30.6. The molecule has 0 amide bonds. The Labute approximate surface area is 310 Å². The summed E-state index contributed by atoms with van der Waals surface area (Å²) < 4.78 is 5.17. The average molecular weight is 701 g/mol. The highest BCUT2D eigenvalue weighted by atomic mass is 32.1. The van der Waals surface area contributed by atoms with Crippen LogP contribution < -0.4 is 10.2 Å². The van der Waals surface area contributed by atoms with Crippen molar-refractivity contribution in [3.05, 3.63) is 188 Å². The quantitative estimate of drug-likeness (QED) is 0.178. The standard InChI is InChI=1S/C48H32N2S2/c1-4-12-32(13-5-1)34-26-35(33-14-6-2-7-15-33)28-40(27-34)50(38-16-8-3-9-17-38)39-22-24-43-42-23-20-37(30-47(42)52-48(43)31-39)49-36-21-25-46-44(29-36)41-18-10-11-19-45(41)51-46/h1-31,49H. The van der Waals surface area contributed by atoms with E-state index in [0.29, 0.717) is 0 Å². The maximum absolute atomic E-state index is 3.70. The molecule has 2 aromatic heterocycles. The van der Waals surface area contributed by atoms with Crippen LogP contribution in [0.3, 0.4) is 0 Å². The zero-order chi connectivity index (χ0) is 34.4. The Kier molecular flexibility index (Phi) is 7.56. The summed E-state index contributed by atoms with van der Waals surface area (Å²) >= 11 is 3.70. The molecular weight excluding hydrogens is 669 g/mol. The maximum atomic E-state index is 3.70. The van der Waals surface area contributed by atoms with Gasteiger partial charge in [-0.15, -0.1) is 22.7 Å². The zero-order valence-electron chi connectivity index (χ0n) is 28.2. The van der Waals surface area contributed by atoms with Gasteiger partial charge in [-0.25, -0.2) is 0 Å². The van der Waals surface area contributed by atoms with Gasteiger partial charge in [0.05, 0.1) is 0 Å². The summed E-state index contributed by atoms with van der Waals surface area (Å²) in [6.45, 7) is 0. The Bertz CT molecular complexity index is 2820. The second-order valence-electron chi connectivity index (χ2n) is 13.1. The molecule has 0 saturated heterocycles. The molecule has 8 aromatic carbocycles. The third kappa shape index (κ3) is 5.59. The Balaban J connectivity index is 1.06. The van der Waals surface area contributed by atoms with Crippen LogP contribution in [0, 0.1) is 0 Å². The summed E-state index contributed by atoms with van der Waals surface area (Å²) in [6, 6.07) is 68.0. The van der Waals surface area contributed by atoms with E-state index in [2.05, 4.69) is 198 Å². The second kappa shape index (κ2) is 12.8. The summed E-state index contributed by atoms with van der Waals surface area (Å²) in [5, 5.41) is 8.87. The summed E-state index contributed by atoms with van der Waals surface area (Å²) in [4.78, 5) is 2.39. The number of rotatable bonds is 7. The van der Waals surface area contributed by atoms with Gasteiger partial charge in [0.1, 0.15) is 0 Å². The third-order valence-electron chi connectivity index (χ3n) is 9.79. The monoisotopic (exact) mass is 700 g/mol. The van der Waals surface area contributed by atoms with Gasteiger partial charge in [-0.1, -0.05) is 109 Å². The lowest BCUT2D eigenvalue weighted by Gasteiger charge is -2.27. The Morgan fingerprint density at radius 1 is 0.308 bits per heavy atom. The van der Waals surface area contributed by atoms with Crippen LogP contribution in [-0.2, 0) is 0 Å². The molecule has 0 atom stereocenters. The molecule has 0 bridgehead atoms. The number of thiophene rings is 2. The predicted molar refractivity (Wildman–Crippen MR) is 227 cm³/mol. The Morgan fingerprint density at radius 2 is 0.846 bits per heavy atom. The Morgan fingerprint density at radius 3 is 1.58 bits per heavy atom. The molecule has 0 saturated carbocycles. The molecule has 0 unspecified atom stereocenters. The largest absolute Gasteiger partial charge is 0.355 e. The molecule has 0 aliphatic carbocycles. The van der Waals surface area contributed by atoms with Crippen molar-refractivity contribution >= 4 is 91.5 Å². The molecule has 0 fully saturated rings. The number of fused-ring (bicyclic) bond motifs is 6. The van der Waals surface area contributed by atoms with Crippen molar-refractivity contribution in [3.63, 3.8) is 0 Å². The highest BCUT2D eigenvalue weighted by molar-refractivity contribution is 7.26. The Hall–Kier alpha value is -6.20. The van der Waals surface area contributed by atoms with Crippen molar-refractivity contribution in [3.8, 4) is 22.3 Å². The van der Waals surface area contributed by atoms with Gasteiger partial charge < -0.3 is 10.2 Å². The minimum Gasteiger partial charge on any atom is -0.355 e. The highest BCUT2D eigenvalue weighted by Gasteiger charge is 2.17. The van der Waals surface area contributed by atoms with Gasteiger partial charge in [0.2, 0.25) is 0 Å². The lowest BCUT2D eigenvalue weighted by molar-refractivity contribution is 1.29. The normalized spacial score (nSPS) is 11.5. The van der Waals surface area contributed by atoms with E-state index in [4.69, 9.17) is 0 Å². The number of anilines is 5. The van der Waals surface area contributed by atoms with E-state index in [1.54, 1.807) is 0 Å². The molecular formula is C48H32N2S2. The molecule has 52 heavy (non-hydrogen) atoms. The third-order valence-corrected chi connectivity index (χ3v) is 12.1. The summed E-state index contributed by atoms with van der Waals surface area (Å²) in [5.74, 6) is 0. The van der Waals surface area contributed by atoms with Crippen LogP contribution in [-0.4, -0.2) is 0 Å². The molecule has 1 N–H and O–H groups in total. The van der Waals surface area contributed by atoms with Crippen LogP contribution in [0.15, 0.2) is 188 Å². The minimum absolute atomic E-state index is 1.09. The number of hydrogen-bond donors (Lipinski definition) is 1. The number of nitrogens with zero attached hydrogens (tertiary/aromatic N) is 1. The van der Waals surface area contributed by atoms with Gasteiger partial charge in [-0.2, -0.15) is 0 Å². The van der Waals surface area contributed by atoms with Crippen LogP contribution >= 0.6 is 22.7 Å². The molecule has 4 heteroatoms. The molecule has 0 aliphatic rings. The van der Waals surface area contributed by atoms with Gasteiger partial charge in [-0.05, 0) is 101 Å². The zero-order valence-corrected chi connectivity index (χ0v) is 29.8. The van der Waals surface area contributed by atoms with Crippen molar-refractivity contribution in [2.24, 2.45) is 0 Å². The van der Waals surface area contributed by atoms with Crippen molar-refractivity contribution in [1.82, 2.24) is 0 Å². The highest BCUT2D eigenvalue weighted by Crippen LogP contribution is 2.44. The van der Waals surface area contributed by atoms with Crippen LogP contribution in [0.25, 0.3) is 62.6 Å². The number of para-hydroxylation sites is 1. The van der Waals surface area contributed by atoms with Crippen molar-refractivity contribution in [1.29, 1.82) is 0 Å². The minimum atomic E-state index is 1.09. The van der Waals surface area contributed by atoms with Crippen LogP contribution in [0.2, 0.25) is 0 Å². The van der Waals surface area contributed by atoms with Gasteiger partial charge in [0.25, 0.3) is 0 Å². The topological polar surface area (TPSA) is 15.3 Å². The van der Waals surface area contributed by atoms with Gasteiger partial charge >= 0.3 is 0 Å². The molecule has 2 heterocycles. The molecule has 246 valence electrons. The SMILES string of the molecule is c1ccc(-c2cc(-c3ccccc3)cc(N(c3ccccc3)c3ccc4c(c3)sc3cc(Nc5ccc6sc7ccccc7c6c5)ccc34)c2)cc1. The number of nitrogens with one attached hydrogen (secondary N) is 1. The summed E-state index contributed by atoms with van der Waals surface area (Å²) in [6.07, 6.45) is 0. The lowest BCUT2D eigenvalue weighted by atomic mass is 9.97. The van der Waals surface area contributed by atoms with Crippen molar-refractivity contribution in [2.45, 2.75) is 0 Å². The van der Waals surface area contributed by atoms with E-state index in [1.807, 2.05) is 22.7 Å². The van der Waals surface area contributed by atoms with E-state index in [0.717, 1.165) is 28.4 Å². The van der Waals surface area contributed by atoms with E-state index >= 15 is 0 Å². The molecule has 2 nitrogen and oxygen atoms in total. The molecule has 10 rings (SSSR count). The fourth-order valence-electron chi connectivity index (χ4n) is 7.31. The smallest absolute Gasteiger partial charge is 0.0476 e. The fraction of sp³-hybridized carbons (Fsp3) is 0. The van der Waals surface area contributed by atoms with Crippen LogP contribution in [0.5, 0.6) is 0 Å². The first-order chi connectivity index (χ1) is 25.7. The van der Waals surface area contributed by atoms with Gasteiger partial charge in [0.15, 0.2) is 0 Å².